The summed E-state index contributed by atoms with van der Waals surface area (Å²) in [5.74, 6) is 0.815. The van der Waals surface area contributed by atoms with Gasteiger partial charge in [0.1, 0.15) is 5.54 Å². The van der Waals surface area contributed by atoms with Crippen LogP contribution in [-0.4, -0.2) is 48.7 Å². The molecule has 2 rings (SSSR count). The fraction of sp³-hybridized carbons (Fsp3) is 0.941. The van der Waals surface area contributed by atoms with E-state index in [2.05, 4.69) is 24.1 Å². The molecule has 0 spiro atoms. The van der Waals surface area contributed by atoms with Crippen LogP contribution < -0.4 is 5.32 Å². The Morgan fingerprint density at radius 1 is 1.29 bits per heavy atom. The predicted octanol–water partition coefficient (Wildman–Crippen LogP) is 2.57. The summed E-state index contributed by atoms with van der Waals surface area (Å²) in [7, 11) is 0. The monoisotopic (exact) mass is 296 g/mol. The van der Waals surface area contributed by atoms with E-state index in [-0.39, 0.29) is 5.97 Å². The minimum atomic E-state index is -0.448. The molecule has 1 aliphatic heterocycles. The van der Waals surface area contributed by atoms with E-state index < -0.39 is 5.54 Å². The number of esters is 1. The van der Waals surface area contributed by atoms with Crippen LogP contribution in [0.3, 0.4) is 0 Å². The van der Waals surface area contributed by atoms with Crippen molar-refractivity contribution in [2.75, 3.05) is 26.2 Å². The summed E-state index contributed by atoms with van der Waals surface area (Å²) in [5, 5.41) is 3.46. The molecule has 1 saturated heterocycles. The van der Waals surface area contributed by atoms with Crippen LogP contribution in [0.25, 0.3) is 0 Å². The molecule has 2 atom stereocenters. The standard InChI is InChI=1S/C17H32N2O2/c1-4-18-17(16(20)21-5-2)10-6-7-15(13-17)19-11-8-14(3)9-12-19/h14-15,18H,4-13H2,1-3H3. The second kappa shape index (κ2) is 7.59. The highest BCUT2D eigenvalue weighted by Crippen LogP contribution is 2.34. The molecule has 122 valence electrons. The number of piperidine rings is 1. The summed E-state index contributed by atoms with van der Waals surface area (Å²) in [6.45, 7) is 9.99. The van der Waals surface area contributed by atoms with E-state index in [1.165, 1.54) is 32.4 Å². The number of ether oxygens (including phenoxy) is 1. The smallest absolute Gasteiger partial charge is 0.326 e. The van der Waals surface area contributed by atoms with E-state index in [0.717, 1.165) is 31.7 Å². The molecule has 2 aliphatic rings. The van der Waals surface area contributed by atoms with Gasteiger partial charge in [-0.25, -0.2) is 0 Å². The van der Waals surface area contributed by atoms with Crippen molar-refractivity contribution >= 4 is 5.97 Å². The predicted molar refractivity (Wildman–Crippen MR) is 85.3 cm³/mol. The van der Waals surface area contributed by atoms with Gasteiger partial charge in [-0.15, -0.1) is 0 Å². The first-order valence-electron chi connectivity index (χ1n) is 8.77. The lowest BCUT2D eigenvalue weighted by atomic mass is 9.77. The molecule has 0 radical (unpaired) electrons. The van der Waals surface area contributed by atoms with E-state index >= 15 is 0 Å². The molecule has 0 amide bonds. The third-order valence-corrected chi connectivity index (χ3v) is 5.24. The van der Waals surface area contributed by atoms with Crippen molar-refractivity contribution in [3.05, 3.63) is 0 Å². The second-order valence-electron chi connectivity index (χ2n) is 6.80. The van der Waals surface area contributed by atoms with Gasteiger partial charge in [-0.1, -0.05) is 13.8 Å². The molecule has 1 heterocycles. The van der Waals surface area contributed by atoms with Crippen molar-refractivity contribution in [1.29, 1.82) is 0 Å². The molecule has 0 aromatic heterocycles. The highest BCUT2D eigenvalue weighted by Gasteiger charge is 2.44. The number of likely N-dealkylation sites (tertiary alicyclic amines) is 1. The zero-order chi connectivity index (χ0) is 15.3. The average molecular weight is 296 g/mol. The Morgan fingerprint density at radius 2 is 2.00 bits per heavy atom. The van der Waals surface area contributed by atoms with Crippen LogP contribution in [0.15, 0.2) is 0 Å². The van der Waals surface area contributed by atoms with Crippen molar-refractivity contribution < 1.29 is 9.53 Å². The third-order valence-electron chi connectivity index (χ3n) is 5.24. The molecule has 4 heteroatoms. The van der Waals surface area contributed by atoms with Crippen LogP contribution >= 0.6 is 0 Å². The number of nitrogens with zero attached hydrogens (tertiary/aromatic N) is 1. The van der Waals surface area contributed by atoms with Gasteiger partial charge >= 0.3 is 5.97 Å². The third kappa shape index (κ3) is 3.98. The lowest BCUT2D eigenvalue weighted by Gasteiger charge is -2.45. The maximum absolute atomic E-state index is 12.5. The number of nitrogens with one attached hydrogen (secondary N) is 1. The molecule has 2 unspecified atom stereocenters. The summed E-state index contributed by atoms with van der Waals surface area (Å²) in [4.78, 5) is 15.1. The van der Waals surface area contributed by atoms with Gasteiger partial charge in [0.05, 0.1) is 6.61 Å². The first-order valence-corrected chi connectivity index (χ1v) is 8.77. The van der Waals surface area contributed by atoms with Gasteiger partial charge in [-0.05, 0) is 71.0 Å². The van der Waals surface area contributed by atoms with Gasteiger partial charge in [0.25, 0.3) is 0 Å². The largest absolute Gasteiger partial charge is 0.465 e. The van der Waals surface area contributed by atoms with Gasteiger partial charge in [-0.3, -0.25) is 4.79 Å². The maximum atomic E-state index is 12.5. The van der Waals surface area contributed by atoms with Gasteiger partial charge in [0.2, 0.25) is 0 Å². The Hall–Kier alpha value is -0.610. The SMILES string of the molecule is CCNC1(C(=O)OCC)CCCC(N2CCC(C)CC2)C1. The normalized spacial score (nSPS) is 32.0. The molecular weight excluding hydrogens is 264 g/mol. The molecule has 1 aliphatic carbocycles. The minimum Gasteiger partial charge on any atom is -0.465 e. The van der Waals surface area contributed by atoms with Crippen LogP contribution in [0.5, 0.6) is 0 Å². The van der Waals surface area contributed by atoms with Gasteiger partial charge in [-0.2, -0.15) is 0 Å². The van der Waals surface area contributed by atoms with Crippen LogP contribution in [0.1, 0.15) is 59.3 Å². The second-order valence-corrected chi connectivity index (χ2v) is 6.80. The Labute approximate surface area is 129 Å². The van der Waals surface area contributed by atoms with E-state index in [9.17, 15) is 4.79 Å². The first-order chi connectivity index (χ1) is 10.1. The van der Waals surface area contributed by atoms with E-state index in [1.807, 2.05) is 6.92 Å². The number of carbonyl (C=O) groups excluding carboxylic acids is 1. The Morgan fingerprint density at radius 3 is 2.62 bits per heavy atom. The van der Waals surface area contributed by atoms with Crippen LogP contribution in [-0.2, 0) is 9.53 Å². The summed E-state index contributed by atoms with van der Waals surface area (Å²) in [6.07, 6.45) is 6.76. The molecule has 1 saturated carbocycles. The van der Waals surface area contributed by atoms with Crippen molar-refractivity contribution in [2.24, 2.45) is 5.92 Å². The fourth-order valence-corrected chi connectivity index (χ4v) is 3.98. The minimum absolute atomic E-state index is 0.0399. The van der Waals surface area contributed by atoms with Crippen LogP contribution in [0.4, 0.5) is 0 Å². The topological polar surface area (TPSA) is 41.6 Å². The van der Waals surface area contributed by atoms with Gasteiger partial charge in [0, 0.05) is 6.04 Å². The van der Waals surface area contributed by atoms with Crippen molar-refractivity contribution in [3.8, 4) is 0 Å². The van der Waals surface area contributed by atoms with Gasteiger partial charge < -0.3 is 15.0 Å². The number of rotatable bonds is 5. The lowest BCUT2D eigenvalue weighted by molar-refractivity contribution is -0.154. The summed E-state index contributed by atoms with van der Waals surface area (Å²) < 4.78 is 5.37. The molecule has 0 aromatic rings. The van der Waals surface area contributed by atoms with E-state index in [1.54, 1.807) is 0 Å². The summed E-state index contributed by atoms with van der Waals surface area (Å²) >= 11 is 0. The number of hydrogen-bond acceptors (Lipinski definition) is 4. The molecule has 21 heavy (non-hydrogen) atoms. The molecule has 0 aromatic carbocycles. The summed E-state index contributed by atoms with van der Waals surface area (Å²) in [6, 6.07) is 0.537. The van der Waals surface area contributed by atoms with E-state index in [0.29, 0.717) is 12.6 Å². The zero-order valence-corrected chi connectivity index (χ0v) is 14.0. The molecular formula is C17H32N2O2. The fourth-order valence-electron chi connectivity index (χ4n) is 3.98. The first kappa shape index (κ1) is 16.8. The Bertz CT molecular complexity index is 336. The maximum Gasteiger partial charge on any atom is 0.326 e. The highest BCUT2D eigenvalue weighted by molar-refractivity contribution is 5.81. The Balaban J connectivity index is 2.03. The molecule has 1 N–H and O–H groups in total. The lowest BCUT2D eigenvalue weighted by Crippen LogP contribution is -2.59. The van der Waals surface area contributed by atoms with E-state index in [4.69, 9.17) is 4.74 Å². The van der Waals surface area contributed by atoms with Gasteiger partial charge in [0.15, 0.2) is 0 Å². The van der Waals surface area contributed by atoms with Crippen molar-refractivity contribution in [3.63, 3.8) is 0 Å². The van der Waals surface area contributed by atoms with Crippen LogP contribution in [0, 0.1) is 5.92 Å². The van der Waals surface area contributed by atoms with Crippen LogP contribution in [0.2, 0.25) is 0 Å². The molecule has 2 fully saturated rings. The van der Waals surface area contributed by atoms with Crippen molar-refractivity contribution in [1.82, 2.24) is 10.2 Å². The Kier molecular flexibility index (Phi) is 6.06. The highest BCUT2D eigenvalue weighted by atomic mass is 16.5. The zero-order valence-electron chi connectivity index (χ0n) is 14.0. The number of hydrogen-bond donors (Lipinski definition) is 1. The quantitative estimate of drug-likeness (QED) is 0.792. The average Bonchev–Trinajstić information content (AvgIpc) is 2.49. The molecule has 4 nitrogen and oxygen atoms in total. The molecule has 0 bridgehead atoms. The van der Waals surface area contributed by atoms with Crippen molar-refractivity contribution in [2.45, 2.75) is 70.9 Å². The number of carbonyl (C=O) groups is 1. The number of likely N-dealkylation sites (N-methyl/N-ethyl adjacent to an activating group) is 1. The summed E-state index contributed by atoms with van der Waals surface area (Å²) in [5.41, 5.74) is -0.448.